The second kappa shape index (κ2) is 4.78. The second-order valence-electron chi connectivity index (χ2n) is 3.99. The summed E-state index contributed by atoms with van der Waals surface area (Å²) in [6.45, 7) is 2.03. The molecule has 1 N–H and O–H groups in total. The summed E-state index contributed by atoms with van der Waals surface area (Å²) < 4.78 is 0. The lowest BCUT2D eigenvalue weighted by molar-refractivity contribution is -0.136. The summed E-state index contributed by atoms with van der Waals surface area (Å²) in [5.41, 5.74) is 3.81. The standard InChI is InChI=1S/C14H13NO2/c1-10-3-2-4-12(7-10)13-6-5-11(9-15-13)8-14(16)17/h2-7,9H,8H2,1H3,(H,16,17). The molecular weight excluding hydrogens is 214 g/mol. The predicted molar refractivity (Wildman–Crippen MR) is 65.7 cm³/mol. The van der Waals surface area contributed by atoms with Crippen molar-refractivity contribution in [3.63, 3.8) is 0 Å². The molecule has 2 aromatic rings. The SMILES string of the molecule is Cc1cccc(-c2ccc(CC(=O)O)cn2)c1. The summed E-state index contributed by atoms with van der Waals surface area (Å²) in [6, 6.07) is 11.7. The van der Waals surface area contributed by atoms with Crippen LogP contribution in [0.25, 0.3) is 11.3 Å². The first kappa shape index (κ1) is 11.3. The molecule has 17 heavy (non-hydrogen) atoms. The smallest absolute Gasteiger partial charge is 0.307 e. The summed E-state index contributed by atoms with van der Waals surface area (Å²) in [4.78, 5) is 14.8. The van der Waals surface area contributed by atoms with Crippen molar-refractivity contribution in [1.29, 1.82) is 0 Å². The molecule has 1 aromatic heterocycles. The lowest BCUT2D eigenvalue weighted by Crippen LogP contribution is -2.00. The highest BCUT2D eigenvalue weighted by Crippen LogP contribution is 2.18. The lowest BCUT2D eigenvalue weighted by Gasteiger charge is -2.03. The van der Waals surface area contributed by atoms with Gasteiger partial charge in [-0.25, -0.2) is 0 Å². The van der Waals surface area contributed by atoms with Crippen LogP contribution in [0.15, 0.2) is 42.6 Å². The molecule has 0 aliphatic heterocycles. The second-order valence-corrected chi connectivity index (χ2v) is 3.99. The van der Waals surface area contributed by atoms with Gasteiger partial charge in [0.1, 0.15) is 0 Å². The zero-order chi connectivity index (χ0) is 12.3. The average molecular weight is 227 g/mol. The highest BCUT2D eigenvalue weighted by molar-refractivity contribution is 5.70. The van der Waals surface area contributed by atoms with Crippen LogP contribution in [0.1, 0.15) is 11.1 Å². The van der Waals surface area contributed by atoms with Crippen LogP contribution in [0.5, 0.6) is 0 Å². The van der Waals surface area contributed by atoms with E-state index in [4.69, 9.17) is 5.11 Å². The van der Waals surface area contributed by atoms with Crippen LogP contribution >= 0.6 is 0 Å². The molecule has 0 aliphatic carbocycles. The van der Waals surface area contributed by atoms with E-state index in [0.717, 1.165) is 11.3 Å². The number of carbonyl (C=O) groups is 1. The Hall–Kier alpha value is -2.16. The fraction of sp³-hybridized carbons (Fsp3) is 0.143. The molecular formula is C14H13NO2. The normalized spacial score (nSPS) is 10.2. The van der Waals surface area contributed by atoms with Crippen LogP contribution in [0.4, 0.5) is 0 Å². The molecule has 0 amide bonds. The van der Waals surface area contributed by atoms with E-state index >= 15 is 0 Å². The Morgan fingerprint density at radius 2 is 2.12 bits per heavy atom. The highest BCUT2D eigenvalue weighted by atomic mass is 16.4. The van der Waals surface area contributed by atoms with Crippen LogP contribution in [0.2, 0.25) is 0 Å². The summed E-state index contributed by atoms with van der Waals surface area (Å²) >= 11 is 0. The van der Waals surface area contributed by atoms with E-state index in [1.165, 1.54) is 5.56 Å². The zero-order valence-corrected chi connectivity index (χ0v) is 9.55. The number of aryl methyl sites for hydroxylation is 1. The van der Waals surface area contributed by atoms with E-state index in [9.17, 15) is 4.79 Å². The molecule has 3 heteroatoms. The Kier molecular flexibility index (Phi) is 3.19. The number of nitrogens with zero attached hydrogens (tertiary/aromatic N) is 1. The average Bonchev–Trinajstić information content (AvgIpc) is 2.29. The van der Waals surface area contributed by atoms with E-state index in [2.05, 4.69) is 11.1 Å². The number of hydrogen-bond acceptors (Lipinski definition) is 2. The maximum Gasteiger partial charge on any atom is 0.307 e. The van der Waals surface area contributed by atoms with Gasteiger partial charge in [0.2, 0.25) is 0 Å². The number of aromatic nitrogens is 1. The summed E-state index contributed by atoms with van der Waals surface area (Å²) in [6.07, 6.45) is 1.63. The molecule has 0 spiro atoms. The fourth-order valence-electron chi connectivity index (χ4n) is 1.68. The van der Waals surface area contributed by atoms with E-state index in [1.54, 1.807) is 12.3 Å². The topological polar surface area (TPSA) is 50.2 Å². The van der Waals surface area contributed by atoms with Crippen molar-refractivity contribution in [1.82, 2.24) is 4.98 Å². The largest absolute Gasteiger partial charge is 0.481 e. The van der Waals surface area contributed by atoms with E-state index in [1.807, 2.05) is 31.2 Å². The van der Waals surface area contributed by atoms with Gasteiger partial charge in [-0.2, -0.15) is 0 Å². The van der Waals surface area contributed by atoms with Crippen LogP contribution in [-0.2, 0) is 11.2 Å². The van der Waals surface area contributed by atoms with Crippen LogP contribution in [-0.4, -0.2) is 16.1 Å². The Labute approximate surface area is 99.8 Å². The van der Waals surface area contributed by atoms with Gasteiger partial charge in [-0.3, -0.25) is 9.78 Å². The fourth-order valence-corrected chi connectivity index (χ4v) is 1.68. The predicted octanol–water partition coefficient (Wildman–Crippen LogP) is 2.68. The van der Waals surface area contributed by atoms with Crippen LogP contribution in [0.3, 0.4) is 0 Å². The maximum absolute atomic E-state index is 10.5. The molecule has 3 nitrogen and oxygen atoms in total. The first-order valence-corrected chi connectivity index (χ1v) is 5.39. The zero-order valence-electron chi connectivity index (χ0n) is 9.55. The molecule has 1 aromatic carbocycles. The Balaban J connectivity index is 2.26. The number of rotatable bonds is 3. The quantitative estimate of drug-likeness (QED) is 0.877. The molecule has 0 aliphatic rings. The third-order valence-electron chi connectivity index (χ3n) is 2.49. The number of benzene rings is 1. The molecule has 0 fully saturated rings. The lowest BCUT2D eigenvalue weighted by atomic mass is 10.1. The van der Waals surface area contributed by atoms with Gasteiger partial charge in [0.25, 0.3) is 0 Å². The minimum atomic E-state index is -0.838. The van der Waals surface area contributed by atoms with Crippen LogP contribution in [0, 0.1) is 6.92 Å². The highest BCUT2D eigenvalue weighted by Gasteiger charge is 2.02. The molecule has 86 valence electrons. The van der Waals surface area contributed by atoms with Gasteiger partial charge >= 0.3 is 5.97 Å². The van der Waals surface area contributed by atoms with Gasteiger partial charge in [-0.15, -0.1) is 0 Å². The van der Waals surface area contributed by atoms with Crippen molar-refractivity contribution < 1.29 is 9.90 Å². The van der Waals surface area contributed by atoms with Crippen molar-refractivity contribution in [2.24, 2.45) is 0 Å². The molecule has 0 radical (unpaired) electrons. The minimum Gasteiger partial charge on any atom is -0.481 e. The summed E-state index contributed by atoms with van der Waals surface area (Å²) in [5, 5.41) is 8.66. The van der Waals surface area contributed by atoms with Gasteiger partial charge in [0.05, 0.1) is 12.1 Å². The Morgan fingerprint density at radius 1 is 1.29 bits per heavy atom. The van der Waals surface area contributed by atoms with Crippen molar-refractivity contribution in [3.05, 3.63) is 53.7 Å². The van der Waals surface area contributed by atoms with Gasteiger partial charge < -0.3 is 5.11 Å². The number of hydrogen-bond donors (Lipinski definition) is 1. The minimum absolute atomic E-state index is 0.0150. The first-order valence-electron chi connectivity index (χ1n) is 5.39. The van der Waals surface area contributed by atoms with Gasteiger partial charge in [-0.1, -0.05) is 29.8 Å². The summed E-state index contributed by atoms with van der Waals surface area (Å²) in [5.74, 6) is -0.838. The monoisotopic (exact) mass is 227 g/mol. The number of pyridine rings is 1. The number of aliphatic carboxylic acids is 1. The van der Waals surface area contributed by atoms with Gasteiger partial charge in [0, 0.05) is 11.8 Å². The molecule has 1 heterocycles. The third kappa shape index (κ3) is 2.91. The van der Waals surface area contributed by atoms with E-state index < -0.39 is 5.97 Å². The molecule has 2 rings (SSSR count). The molecule has 0 unspecified atom stereocenters. The number of carboxylic acids is 1. The van der Waals surface area contributed by atoms with Crippen LogP contribution < -0.4 is 0 Å². The number of carboxylic acid groups (broad SMARTS) is 1. The van der Waals surface area contributed by atoms with Gasteiger partial charge in [0.15, 0.2) is 0 Å². The van der Waals surface area contributed by atoms with E-state index in [0.29, 0.717) is 5.56 Å². The van der Waals surface area contributed by atoms with Crippen molar-refractivity contribution >= 4 is 5.97 Å². The first-order chi connectivity index (χ1) is 8.15. The molecule has 0 bridgehead atoms. The third-order valence-corrected chi connectivity index (χ3v) is 2.49. The van der Waals surface area contributed by atoms with E-state index in [-0.39, 0.29) is 6.42 Å². The van der Waals surface area contributed by atoms with Crippen molar-refractivity contribution in [3.8, 4) is 11.3 Å². The Morgan fingerprint density at radius 3 is 2.71 bits per heavy atom. The Bertz CT molecular complexity index is 532. The maximum atomic E-state index is 10.5. The molecule has 0 atom stereocenters. The van der Waals surface area contributed by atoms with Gasteiger partial charge in [-0.05, 0) is 24.6 Å². The van der Waals surface area contributed by atoms with Crippen molar-refractivity contribution in [2.75, 3.05) is 0 Å². The molecule has 0 saturated heterocycles. The summed E-state index contributed by atoms with van der Waals surface area (Å²) in [7, 11) is 0. The molecule has 0 saturated carbocycles. The van der Waals surface area contributed by atoms with Crippen molar-refractivity contribution in [2.45, 2.75) is 13.3 Å².